The lowest BCUT2D eigenvalue weighted by atomic mass is 10.1. The van der Waals surface area contributed by atoms with Gasteiger partial charge in [0.1, 0.15) is 5.82 Å². The summed E-state index contributed by atoms with van der Waals surface area (Å²) in [6, 6.07) is 9.74. The van der Waals surface area contributed by atoms with Crippen LogP contribution in [-0.2, 0) is 0 Å². The number of nitro groups is 1. The Hall–Kier alpha value is -3.09. The summed E-state index contributed by atoms with van der Waals surface area (Å²) in [6.45, 7) is 3.27. The van der Waals surface area contributed by atoms with E-state index in [0.29, 0.717) is 16.8 Å². The Morgan fingerprint density at radius 3 is 2.39 bits per heavy atom. The normalized spacial score (nSPS) is 11.2. The molecule has 0 aliphatic rings. The van der Waals surface area contributed by atoms with Crippen molar-refractivity contribution in [1.29, 1.82) is 0 Å². The maximum Gasteiger partial charge on any atom is 0.272 e. The molecule has 7 heteroatoms. The summed E-state index contributed by atoms with van der Waals surface area (Å²) in [5.74, 6) is -0.931. The summed E-state index contributed by atoms with van der Waals surface area (Å²) < 4.78 is 12.8. The topological polar surface area (TPSA) is 84.6 Å². The number of nitrogens with zero attached hydrogens (tertiary/aromatic N) is 2. The molecule has 2 aromatic carbocycles. The van der Waals surface area contributed by atoms with Gasteiger partial charge < -0.3 is 0 Å². The second kappa shape index (κ2) is 6.78. The number of halogens is 1. The van der Waals surface area contributed by atoms with Crippen molar-refractivity contribution in [2.24, 2.45) is 5.10 Å². The second-order valence-electron chi connectivity index (χ2n) is 4.90. The fourth-order valence-electron chi connectivity index (χ4n) is 1.90. The molecule has 6 nitrogen and oxygen atoms in total. The molecule has 0 spiro atoms. The molecule has 0 aliphatic heterocycles. The Kier molecular flexibility index (Phi) is 4.80. The molecule has 23 heavy (non-hydrogen) atoms. The van der Waals surface area contributed by atoms with Crippen LogP contribution >= 0.6 is 0 Å². The van der Waals surface area contributed by atoms with E-state index in [1.807, 2.05) is 0 Å². The van der Waals surface area contributed by atoms with Crippen LogP contribution in [-0.4, -0.2) is 16.5 Å². The highest BCUT2D eigenvalue weighted by Gasteiger charge is 2.12. The average molecular weight is 315 g/mol. The van der Waals surface area contributed by atoms with E-state index in [4.69, 9.17) is 0 Å². The standard InChI is InChI=1S/C16H14FN3O3/c1-10-3-4-13(9-15(10)20(22)23)11(2)18-19-16(21)12-5-7-14(17)8-6-12/h3-9H,1-2H3,(H,19,21)/b18-11+. The number of nitrogens with one attached hydrogen (secondary N) is 1. The molecule has 1 amide bonds. The van der Waals surface area contributed by atoms with E-state index in [1.54, 1.807) is 26.0 Å². The van der Waals surface area contributed by atoms with Gasteiger partial charge in [-0.3, -0.25) is 14.9 Å². The number of amides is 1. The molecule has 0 atom stereocenters. The zero-order valence-electron chi connectivity index (χ0n) is 12.5. The molecule has 2 aromatic rings. The lowest BCUT2D eigenvalue weighted by molar-refractivity contribution is -0.385. The van der Waals surface area contributed by atoms with Crippen LogP contribution in [0.5, 0.6) is 0 Å². The summed E-state index contributed by atoms with van der Waals surface area (Å²) in [5.41, 5.74) is 4.08. The molecule has 0 aromatic heterocycles. The Morgan fingerprint density at radius 2 is 1.78 bits per heavy atom. The Balaban J connectivity index is 2.16. The van der Waals surface area contributed by atoms with Gasteiger partial charge in [-0.25, -0.2) is 9.82 Å². The van der Waals surface area contributed by atoms with Crippen molar-refractivity contribution in [3.8, 4) is 0 Å². The number of hydrogen-bond acceptors (Lipinski definition) is 4. The van der Waals surface area contributed by atoms with E-state index in [1.165, 1.54) is 30.3 Å². The van der Waals surface area contributed by atoms with E-state index in [9.17, 15) is 19.3 Å². The predicted octanol–water partition coefficient (Wildman–Crippen LogP) is 3.20. The second-order valence-corrected chi connectivity index (χ2v) is 4.90. The van der Waals surface area contributed by atoms with Gasteiger partial charge in [0.05, 0.1) is 10.6 Å². The van der Waals surface area contributed by atoms with Gasteiger partial charge in [0.25, 0.3) is 11.6 Å². The molecule has 0 saturated carbocycles. The molecule has 118 valence electrons. The first-order chi connectivity index (χ1) is 10.9. The Morgan fingerprint density at radius 1 is 1.17 bits per heavy atom. The zero-order valence-corrected chi connectivity index (χ0v) is 12.5. The minimum Gasteiger partial charge on any atom is -0.267 e. The molecule has 0 saturated heterocycles. The van der Waals surface area contributed by atoms with Crippen molar-refractivity contribution >= 4 is 17.3 Å². The minimum atomic E-state index is -0.494. The molecule has 0 heterocycles. The Bertz CT molecular complexity index is 786. The van der Waals surface area contributed by atoms with Crippen LogP contribution in [0.1, 0.15) is 28.4 Å². The summed E-state index contributed by atoms with van der Waals surface area (Å²) in [4.78, 5) is 22.3. The molecule has 1 N–H and O–H groups in total. The Labute approximate surface area is 131 Å². The van der Waals surface area contributed by atoms with Crippen LogP contribution < -0.4 is 5.43 Å². The molecule has 0 unspecified atom stereocenters. The quantitative estimate of drug-likeness (QED) is 0.534. The fourth-order valence-corrected chi connectivity index (χ4v) is 1.90. The SMILES string of the molecule is C/C(=N\NC(=O)c1ccc(F)cc1)c1ccc(C)c([N+](=O)[O-])c1. The van der Waals surface area contributed by atoms with Crippen LogP contribution in [0.15, 0.2) is 47.6 Å². The van der Waals surface area contributed by atoms with Crippen molar-refractivity contribution in [2.75, 3.05) is 0 Å². The first kappa shape index (κ1) is 16.3. The van der Waals surface area contributed by atoms with Gasteiger partial charge in [-0.2, -0.15) is 5.10 Å². The van der Waals surface area contributed by atoms with Crippen molar-refractivity contribution in [1.82, 2.24) is 5.43 Å². The van der Waals surface area contributed by atoms with Gasteiger partial charge in [-0.1, -0.05) is 12.1 Å². The van der Waals surface area contributed by atoms with E-state index in [2.05, 4.69) is 10.5 Å². The van der Waals surface area contributed by atoms with Crippen molar-refractivity contribution < 1.29 is 14.1 Å². The number of nitro benzene ring substituents is 1. The number of benzene rings is 2. The minimum absolute atomic E-state index is 0.0121. The van der Waals surface area contributed by atoms with E-state index in [-0.39, 0.29) is 11.3 Å². The average Bonchev–Trinajstić information content (AvgIpc) is 2.53. The highest BCUT2D eigenvalue weighted by Crippen LogP contribution is 2.19. The van der Waals surface area contributed by atoms with Crippen molar-refractivity contribution in [3.05, 3.63) is 75.1 Å². The third-order valence-electron chi connectivity index (χ3n) is 3.26. The highest BCUT2D eigenvalue weighted by molar-refractivity contribution is 6.01. The molecule has 0 aliphatic carbocycles. The molecule has 0 radical (unpaired) electrons. The zero-order chi connectivity index (χ0) is 17.0. The fraction of sp³-hybridized carbons (Fsp3) is 0.125. The van der Waals surface area contributed by atoms with Gasteiger partial charge in [0.2, 0.25) is 0 Å². The summed E-state index contributed by atoms with van der Waals surface area (Å²) in [5, 5.41) is 14.9. The van der Waals surface area contributed by atoms with Crippen LogP contribution in [0.25, 0.3) is 0 Å². The maximum atomic E-state index is 12.8. The molecular formula is C16H14FN3O3. The molecule has 0 fully saturated rings. The van der Waals surface area contributed by atoms with E-state index in [0.717, 1.165) is 0 Å². The number of hydrazone groups is 1. The van der Waals surface area contributed by atoms with Gasteiger partial charge in [-0.05, 0) is 38.1 Å². The summed E-state index contributed by atoms with van der Waals surface area (Å²) >= 11 is 0. The van der Waals surface area contributed by atoms with Crippen LogP contribution in [0.2, 0.25) is 0 Å². The number of rotatable bonds is 4. The van der Waals surface area contributed by atoms with Crippen LogP contribution in [0.4, 0.5) is 10.1 Å². The summed E-state index contributed by atoms with van der Waals surface area (Å²) in [6.07, 6.45) is 0. The third kappa shape index (κ3) is 3.97. The van der Waals surface area contributed by atoms with Gasteiger partial charge in [0.15, 0.2) is 0 Å². The summed E-state index contributed by atoms with van der Waals surface area (Å²) in [7, 11) is 0. The monoisotopic (exact) mass is 315 g/mol. The van der Waals surface area contributed by atoms with Crippen LogP contribution in [0.3, 0.4) is 0 Å². The van der Waals surface area contributed by atoms with Gasteiger partial charge in [0, 0.05) is 22.8 Å². The molecule has 0 bridgehead atoms. The smallest absolute Gasteiger partial charge is 0.267 e. The number of carbonyl (C=O) groups is 1. The van der Waals surface area contributed by atoms with Crippen LogP contribution in [0, 0.1) is 22.9 Å². The molecule has 2 rings (SSSR count). The van der Waals surface area contributed by atoms with Gasteiger partial charge >= 0.3 is 0 Å². The maximum absolute atomic E-state index is 12.8. The largest absolute Gasteiger partial charge is 0.272 e. The third-order valence-corrected chi connectivity index (χ3v) is 3.26. The highest BCUT2D eigenvalue weighted by atomic mass is 19.1. The number of carbonyl (C=O) groups excluding carboxylic acids is 1. The van der Waals surface area contributed by atoms with E-state index >= 15 is 0 Å². The number of aryl methyl sites for hydroxylation is 1. The first-order valence-corrected chi connectivity index (χ1v) is 6.74. The van der Waals surface area contributed by atoms with Gasteiger partial charge in [-0.15, -0.1) is 0 Å². The van der Waals surface area contributed by atoms with Crippen molar-refractivity contribution in [2.45, 2.75) is 13.8 Å². The number of hydrogen-bond donors (Lipinski definition) is 1. The van der Waals surface area contributed by atoms with Crippen molar-refractivity contribution in [3.63, 3.8) is 0 Å². The lowest BCUT2D eigenvalue weighted by Crippen LogP contribution is -2.19. The lowest BCUT2D eigenvalue weighted by Gasteiger charge is -2.04. The van der Waals surface area contributed by atoms with E-state index < -0.39 is 16.6 Å². The molecular weight excluding hydrogens is 301 g/mol. The predicted molar refractivity (Wildman–Crippen MR) is 83.9 cm³/mol. The first-order valence-electron chi connectivity index (χ1n) is 6.74.